The molecule has 1 aromatic rings. The van der Waals surface area contributed by atoms with E-state index in [9.17, 15) is 5.11 Å². The fourth-order valence-electron chi connectivity index (χ4n) is 1.11. The van der Waals surface area contributed by atoms with Crippen molar-refractivity contribution in [2.75, 3.05) is 7.11 Å². The molecule has 1 rings (SSSR count). The maximum absolute atomic E-state index is 9.58. The Morgan fingerprint density at radius 2 is 1.87 bits per heavy atom. The Hall–Kier alpha value is -2.24. The first-order valence-electron chi connectivity index (χ1n) is 3.98. The third kappa shape index (κ3) is 2.37. The predicted octanol–water partition coefficient (Wildman–Crippen LogP) is 1.02. The van der Waals surface area contributed by atoms with E-state index in [1.54, 1.807) is 0 Å². The third-order valence-electron chi connectivity index (χ3n) is 1.75. The van der Waals surface area contributed by atoms with Crippen LogP contribution in [-0.2, 0) is 0 Å². The van der Waals surface area contributed by atoms with E-state index in [0.29, 0.717) is 5.56 Å². The summed E-state index contributed by atoms with van der Waals surface area (Å²) in [6.45, 7) is 0. The highest BCUT2D eigenvalue weighted by Gasteiger charge is 2.08. The van der Waals surface area contributed by atoms with E-state index in [-0.39, 0.29) is 17.1 Å². The number of benzene rings is 1. The standard InChI is InChI=1S/C9H10N2O4/c1-15-8-3-6(4-10-13)2-7(5-11-14)9(8)12/h2-5,12-14H,1H3/b10-4?,11-5+. The van der Waals surface area contributed by atoms with Gasteiger partial charge in [0.25, 0.3) is 0 Å². The van der Waals surface area contributed by atoms with Crippen LogP contribution in [0.5, 0.6) is 11.5 Å². The summed E-state index contributed by atoms with van der Waals surface area (Å²) in [5.74, 6) is 0.0488. The highest BCUT2D eigenvalue weighted by Crippen LogP contribution is 2.29. The number of phenols is 1. The summed E-state index contributed by atoms with van der Waals surface area (Å²) in [6.07, 6.45) is 2.21. The lowest BCUT2D eigenvalue weighted by molar-refractivity contribution is 0.321. The van der Waals surface area contributed by atoms with Gasteiger partial charge in [-0.15, -0.1) is 0 Å². The molecule has 0 aromatic heterocycles. The van der Waals surface area contributed by atoms with Gasteiger partial charge in [0.05, 0.1) is 19.5 Å². The summed E-state index contributed by atoms with van der Waals surface area (Å²) in [7, 11) is 1.38. The molecule has 80 valence electrons. The Bertz CT molecular complexity index is 401. The van der Waals surface area contributed by atoms with E-state index in [1.165, 1.54) is 19.2 Å². The van der Waals surface area contributed by atoms with Gasteiger partial charge < -0.3 is 20.3 Å². The average molecular weight is 210 g/mol. The lowest BCUT2D eigenvalue weighted by Gasteiger charge is -2.06. The Morgan fingerprint density at radius 3 is 2.40 bits per heavy atom. The molecular weight excluding hydrogens is 200 g/mol. The fraction of sp³-hybridized carbons (Fsp3) is 0.111. The van der Waals surface area contributed by atoms with Crippen molar-refractivity contribution in [3.8, 4) is 11.5 Å². The first-order chi connectivity index (χ1) is 7.22. The molecule has 1 aromatic carbocycles. The van der Waals surface area contributed by atoms with Gasteiger partial charge in [0.15, 0.2) is 11.5 Å². The van der Waals surface area contributed by atoms with Crippen molar-refractivity contribution < 1.29 is 20.3 Å². The minimum absolute atomic E-state index is 0.148. The molecule has 0 saturated heterocycles. The van der Waals surface area contributed by atoms with Crippen molar-refractivity contribution in [2.24, 2.45) is 10.3 Å². The van der Waals surface area contributed by atoms with Crippen LogP contribution in [0.1, 0.15) is 11.1 Å². The zero-order chi connectivity index (χ0) is 11.3. The first-order valence-corrected chi connectivity index (χ1v) is 3.98. The van der Waals surface area contributed by atoms with Crippen molar-refractivity contribution >= 4 is 12.4 Å². The summed E-state index contributed by atoms with van der Waals surface area (Å²) >= 11 is 0. The van der Waals surface area contributed by atoms with Crippen molar-refractivity contribution in [2.45, 2.75) is 0 Å². The molecule has 0 unspecified atom stereocenters. The molecule has 0 saturated carbocycles. The lowest BCUT2D eigenvalue weighted by atomic mass is 10.1. The van der Waals surface area contributed by atoms with Crippen LogP contribution >= 0.6 is 0 Å². The van der Waals surface area contributed by atoms with Crippen LogP contribution < -0.4 is 4.74 Å². The second-order valence-electron chi connectivity index (χ2n) is 2.65. The van der Waals surface area contributed by atoms with Crippen molar-refractivity contribution in [3.63, 3.8) is 0 Å². The topological polar surface area (TPSA) is 94.6 Å². The van der Waals surface area contributed by atoms with E-state index in [1.807, 2.05) is 0 Å². The van der Waals surface area contributed by atoms with E-state index in [0.717, 1.165) is 12.4 Å². The van der Waals surface area contributed by atoms with Gasteiger partial charge in [0.2, 0.25) is 0 Å². The zero-order valence-corrected chi connectivity index (χ0v) is 7.95. The number of hydrogen-bond donors (Lipinski definition) is 3. The van der Waals surface area contributed by atoms with Crippen molar-refractivity contribution in [3.05, 3.63) is 23.3 Å². The minimum Gasteiger partial charge on any atom is -0.504 e. The van der Waals surface area contributed by atoms with Gasteiger partial charge in [0, 0.05) is 11.1 Å². The van der Waals surface area contributed by atoms with Crippen LogP contribution in [0.15, 0.2) is 22.4 Å². The van der Waals surface area contributed by atoms with Crippen LogP contribution in [0.3, 0.4) is 0 Å². The van der Waals surface area contributed by atoms with Gasteiger partial charge in [-0.3, -0.25) is 0 Å². The molecule has 0 bridgehead atoms. The highest BCUT2D eigenvalue weighted by atomic mass is 16.5. The largest absolute Gasteiger partial charge is 0.504 e. The predicted molar refractivity (Wildman–Crippen MR) is 53.4 cm³/mol. The molecule has 3 N–H and O–H groups in total. The maximum atomic E-state index is 9.58. The Labute approximate surface area is 85.7 Å². The molecule has 0 aliphatic rings. The van der Waals surface area contributed by atoms with Gasteiger partial charge in [-0.1, -0.05) is 10.3 Å². The number of oxime groups is 2. The van der Waals surface area contributed by atoms with Crippen LogP contribution in [0.2, 0.25) is 0 Å². The molecule has 0 radical (unpaired) electrons. The molecule has 0 spiro atoms. The summed E-state index contributed by atoms with van der Waals surface area (Å²) in [5.41, 5.74) is 0.758. The number of aromatic hydroxyl groups is 1. The molecule has 0 aliphatic carbocycles. The summed E-state index contributed by atoms with van der Waals surface area (Å²) in [5, 5.41) is 31.9. The molecule has 6 nitrogen and oxygen atoms in total. The summed E-state index contributed by atoms with van der Waals surface area (Å²) in [6, 6.07) is 2.95. The summed E-state index contributed by atoms with van der Waals surface area (Å²) < 4.78 is 4.88. The van der Waals surface area contributed by atoms with Crippen LogP contribution in [0.25, 0.3) is 0 Å². The van der Waals surface area contributed by atoms with Gasteiger partial charge in [-0.25, -0.2) is 0 Å². The maximum Gasteiger partial charge on any atom is 0.166 e. The molecule has 0 fully saturated rings. The van der Waals surface area contributed by atoms with Gasteiger partial charge in [-0.05, 0) is 12.1 Å². The fourth-order valence-corrected chi connectivity index (χ4v) is 1.11. The molecule has 0 heterocycles. The Balaban J connectivity index is 3.31. The molecule has 0 atom stereocenters. The van der Waals surface area contributed by atoms with Crippen LogP contribution in [0, 0.1) is 0 Å². The number of methoxy groups -OCH3 is 1. The molecule has 15 heavy (non-hydrogen) atoms. The molecule has 0 aliphatic heterocycles. The molecule has 6 heteroatoms. The quantitative estimate of drug-likeness (QED) is 0.394. The van der Waals surface area contributed by atoms with Crippen LogP contribution in [-0.4, -0.2) is 35.1 Å². The zero-order valence-electron chi connectivity index (χ0n) is 7.95. The number of phenolic OH excluding ortho intramolecular Hbond substituents is 1. The monoisotopic (exact) mass is 210 g/mol. The Morgan fingerprint density at radius 1 is 1.20 bits per heavy atom. The van der Waals surface area contributed by atoms with E-state index in [4.69, 9.17) is 15.2 Å². The van der Waals surface area contributed by atoms with E-state index < -0.39 is 0 Å². The SMILES string of the molecule is COc1cc(C=NO)cc(/C=N/O)c1O. The second kappa shape index (κ2) is 4.85. The van der Waals surface area contributed by atoms with Crippen molar-refractivity contribution in [1.29, 1.82) is 0 Å². The number of rotatable bonds is 3. The van der Waals surface area contributed by atoms with E-state index in [2.05, 4.69) is 10.3 Å². The third-order valence-corrected chi connectivity index (χ3v) is 1.75. The Kier molecular flexibility index (Phi) is 3.50. The van der Waals surface area contributed by atoms with Gasteiger partial charge in [-0.2, -0.15) is 0 Å². The highest BCUT2D eigenvalue weighted by molar-refractivity contribution is 5.90. The normalized spacial score (nSPS) is 11.3. The minimum atomic E-state index is -0.148. The van der Waals surface area contributed by atoms with Crippen LogP contribution in [0.4, 0.5) is 0 Å². The van der Waals surface area contributed by atoms with Gasteiger partial charge in [0.1, 0.15) is 0 Å². The lowest BCUT2D eigenvalue weighted by Crippen LogP contribution is -1.93. The molecular formula is C9H10N2O4. The van der Waals surface area contributed by atoms with E-state index >= 15 is 0 Å². The summed E-state index contributed by atoms with van der Waals surface area (Å²) in [4.78, 5) is 0. The van der Waals surface area contributed by atoms with Crippen molar-refractivity contribution in [1.82, 2.24) is 0 Å². The number of ether oxygens (including phenoxy) is 1. The average Bonchev–Trinajstić information content (AvgIpc) is 2.23. The number of hydrogen-bond acceptors (Lipinski definition) is 6. The second-order valence-corrected chi connectivity index (χ2v) is 2.65. The smallest absolute Gasteiger partial charge is 0.166 e. The molecule has 0 amide bonds. The number of nitrogens with zero attached hydrogens (tertiary/aromatic N) is 2. The van der Waals surface area contributed by atoms with Gasteiger partial charge >= 0.3 is 0 Å². The first kappa shape index (κ1) is 10.8.